The quantitative estimate of drug-likeness (QED) is 0.307. The summed E-state index contributed by atoms with van der Waals surface area (Å²) in [7, 11) is 0.571. The molecule has 0 aromatic heterocycles. The lowest BCUT2D eigenvalue weighted by molar-refractivity contribution is 0.0373. The second-order valence-corrected chi connectivity index (χ2v) is 12.3. The normalized spacial score (nSPS) is 17.3. The summed E-state index contributed by atoms with van der Waals surface area (Å²) in [5.74, 6) is 0.455. The van der Waals surface area contributed by atoms with Gasteiger partial charge in [-0.05, 0) is 67.6 Å². The Balaban J connectivity index is 1.66. The van der Waals surface area contributed by atoms with Crippen LogP contribution in [0, 0.1) is 5.92 Å². The molecule has 1 aliphatic rings. The number of carbonyl (C=O) groups excluding carboxylic acids is 2. The summed E-state index contributed by atoms with van der Waals surface area (Å²) in [5, 5.41) is 12.8. The van der Waals surface area contributed by atoms with Gasteiger partial charge in [0.1, 0.15) is 17.6 Å². The number of nitrogens with zero attached hydrogens (tertiary/aromatic N) is 2. The van der Waals surface area contributed by atoms with E-state index in [2.05, 4.69) is 10.0 Å². The van der Waals surface area contributed by atoms with E-state index in [-0.39, 0.29) is 47.5 Å². The van der Waals surface area contributed by atoms with Crippen LogP contribution in [0.4, 0.5) is 16.2 Å². The van der Waals surface area contributed by atoms with E-state index < -0.39 is 34.1 Å². The number of amides is 3. The Morgan fingerprint density at radius 2 is 1.68 bits per heavy atom. The summed E-state index contributed by atoms with van der Waals surface area (Å²) >= 11 is 0. The average Bonchev–Trinajstić information content (AvgIpc) is 3.02. The lowest BCUT2D eigenvalue weighted by Gasteiger charge is -2.38. The number of aliphatic hydroxyl groups is 1. The smallest absolute Gasteiger partial charge is 0.321 e. The highest BCUT2D eigenvalue weighted by Gasteiger charge is 2.35. The predicted molar refractivity (Wildman–Crippen MR) is 166 cm³/mol. The highest BCUT2D eigenvalue weighted by molar-refractivity contribution is 7.92. The Morgan fingerprint density at radius 3 is 2.27 bits per heavy atom. The van der Waals surface area contributed by atoms with E-state index in [0.717, 1.165) is 0 Å². The molecule has 1 aliphatic heterocycles. The number of urea groups is 1. The van der Waals surface area contributed by atoms with Crippen molar-refractivity contribution in [3.63, 3.8) is 0 Å². The Kier molecular flexibility index (Phi) is 10.2. The van der Waals surface area contributed by atoms with Crippen LogP contribution in [0.3, 0.4) is 0 Å². The summed E-state index contributed by atoms with van der Waals surface area (Å²) in [6.07, 6.45) is -0.659. The van der Waals surface area contributed by atoms with Crippen molar-refractivity contribution in [3.8, 4) is 17.2 Å². The molecule has 13 heteroatoms. The second-order valence-electron chi connectivity index (χ2n) is 10.6. The molecule has 3 amide bonds. The van der Waals surface area contributed by atoms with Gasteiger partial charge in [0.05, 0.1) is 49.6 Å². The van der Waals surface area contributed by atoms with Crippen LogP contribution < -0.4 is 24.2 Å². The van der Waals surface area contributed by atoms with Crippen LogP contribution in [0.25, 0.3) is 0 Å². The first-order valence-corrected chi connectivity index (χ1v) is 15.5. The molecular formula is C31H38N4O8S. The minimum atomic E-state index is -4.09. The molecule has 3 N–H and O–H groups in total. The monoisotopic (exact) mass is 626 g/mol. The first-order valence-electron chi connectivity index (χ1n) is 14.0. The van der Waals surface area contributed by atoms with E-state index >= 15 is 0 Å². The van der Waals surface area contributed by atoms with Gasteiger partial charge in [-0.25, -0.2) is 13.2 Å². The number of rotatable bonds is 10. The molecule has 3 atom stereocenters. The van der Waals surface area contributed by atoms with E-state index in [1.165, 1.54) is 47.2 Å². The molecule has 0 radical (unpaired) electrons. The second kappa shape index (κ2) is 13.9. The molecule has 0 saturated heterocycles. The summed E-state index contributed by atoms with van der Waals surface area (Å²) in [6, 6.07) is 16.5. The Labute approximate surface area is 257 Å². The number of aliphatic hydroxyl groups excluding tert-OH is 1. The van der Waals surface area contributed by atoms with Crippen LogP contribution in [0.2, 0.25) is 0 Å². The van der Waals surface area contributed by atoms with Gasteiger partial charge in [0.25, 0.3) is 15.9 Å². The van der Waals surface area contributed by atoms with Crippen molar-refractivity contribution < 1.29 is 37.3 Å². The molecule has 0 unspecified atom stereocenters. The molecule has 12 nitrogen and oxygen atoms in total. The van der Waals surface area contributed by atoms with Crippen LogP contribution in [0.15, 0.2) is 71.6 Å². The third kappa shape index (κ3) is 7.34. The molecule has 1 heterocycles. The fourth-order valence-electron chi connectivity index (χ4n) is 4.75. The van der Waals surface area contributed by atoms with Crippen molar-refractivity contribution in [2.75, 3.05) is 51.0 Å². The van der Waals surface area contributed by atoms with Crippen molar-refractivity contribution in [2.45, 2.75) is 30.9 Å². The third-order valence-electron chi connectivity index (χ3n) is 7.45. The third-order valence-corrected chi connectivity index (χ3v) is 8.83. The molecular weight excluding hydrogens is 588 g/mol. The first kappa shape index (κ1) is 32.4. The van der Waals surface area contributed by atoms with Gasteiger partial charge in [-0.3, -0.25) is 9.52 Å². The number of carbonyl (C=O) groups is 2. The zero-order valence-electron chi connectivity index (χ0n) is 25.3. The van der Waals surface area contributed by atoms with Crippen LogP contribution in [-0.2, 0) is 10.0 Å². The Hall–Kier alpha value is -4.49. The van der Waals surface area contributed by atoms with Crippen molar-refractivity contribution >= 4 is 33.3 Å². The number of sulfonamides is 1. The molecule has 4 rings (SSSR count). The molecule has 236 valence electrons. The number of ether oxygens (including phenoxy) is 3. The maximum atomic E-state index is 13.7. The van der Waals surface area contributed by atoms with E-state index in [1.54, 1.807) is 57.5 Å². The SMILES string of the molecule is COc1ccc(NC(=O)N(C)C[C@H]2Oc3c(NS(=O)(=O)c4ccc(OC)cc4)cccc3C(=O)N([C@H](C)CO)C[C@@H]2C)cc1. The number of anilines is 2. The predicted octanol–water partition coefficient (Wildman–Crippen LogP) is 3.89. The van der Waals surface area contributed by atoms with E-state index in [0.29, 0.717) is 17.2 Å². The summed E-state index contributed by atoms with van der Waals surface area (Å²) in [6.45, 7) is 3.68. The fraction of sp³-hybridized carbons (Fsp3) is 0.355. The number of fused-ring (bicyclic) bond motifs is 1. The number of methoxy groups -OCH3 is 2. The topological polar surface area (TPSA) is 147 Å². The number of hydrogen-bond donors (Lipinski definition) is 3. The number of hydrogen-bond acceptors (Lipinski definition) is 8. The summed E-state index contributed by atoms with van der Waals surface area (Å²) < 4.78 is 46.0. The minimum Gasteiger partial charge on any atom is -0.497 e. The van der Waals surface area contributed by atoms with Gasteiger partial charge in [0, 0.05) is 25.2 Å². The van der Waals surface area contributed by atoms with Crippen molar-refractivity contribution in [3.05, 3.63) is 72.3 Å². The summed E-state index contributed by atoms with van der Waals surface area (Å²) in [5.41, 5.74) is 0.763. The van der Waals surface area contributed by atoms with Gasteiger partial charge in [-0.2, -0.15) is 0 Å². The van der Waals surface area contributed by atoms with Crippen LogP contribution in [0.5, 0.6) is 17.2 Å². The standard InChI is InChI=1S/C31H38N4O8S/c1-20-17-35(21(2)19-36)30(37)26-7-6-8-27(33-44(39,40)25-15-13-24(42-5)14-16-25)29(26)43-28(20)18-34(3)31(38)32-22-9-11-23(41-4)12-10-22/h6-16,20-21,28,33,36H,17-19H2,1-5H3,(H,32,38)/t20-,21+,28+/m0/s1. The molecule has 3 aromatic rings. The number of benzene rings is 3. The van der Waals surface area contributed by atoms with Gasteiger partial charge in [0.2, 0.25) is 0 Å². The zero-order chi connectivity index (χ0) is 32.0. The van der Waals surface area contributed by atoms with Gasteiger partial charge in [-0.15, -0.1) is 0 Å². The average molecular weight is 627 g/mol. The van der Waals surface area contributed by atoms with Crippen molar-refractivity contribution in [2.24, 2.45) is 5.92 Å². The van der Waals surface area contributed by atoms with E-state index in [1.807, 2.05) is 6.92 Å². The highest BCUT2D eigenvalue weighted by Crippen LogP contribution is 2.36. The lowest BCUT2D eigenvalue weighted by atomic mass is 9.99. The van der Waals surface area contributed by atoms with E-state index in [4.69, 9.17) is 14.2 Å². The molecule has 0 spiro atoms. The number of nitrogens with one attached hydrogen (secondary N) is 2. The van der Waals surface area contributed by atoms with Gasteiger partial charge in [0.15, 0.2) is 5.75 Å². The number of likely N-dealkylation sites (N-methyl/N-ethyl adjacent to an activating group) is 1. The molecule has 44 heavy (non-hydrogen) atoms. The van der Waals surface area contributed by atoms with Crippen LogP contribution >= 0.6 is 0 Å². The van der Waals surface area contributed by atoms with Gasteiger partial charge in [-0.1, -0.05) is 13.0 Å². The fourth-order valence-corrected chi connectivity index (χ4v) is 5.81. The maximum absolute atomic E-state index is 13.7. The molecule has 0 fully saturated rings. The Morgan fingerprint density at radius 1 is 1.07 bits per heavy atom. The lowest BCUT2D eigenvalue weighted by Crippen LogP contribution is -2.50. The van der Waals surface area contributed by atoms with Crippen LogP contribution in [-0.4, -0.2) is 88.4 Å². The maximum Gasteiger partial charge on any atom is 0.321 e. The molecule has 0 bridgehead atoms. The Bertz CT molecular complexity index is 1560. The first-order chi connectivity index (χ1) is 21.0. The largest absolute Gasteiger partial charge is 0.497 e. The van der Waals surface area contributed by atoms with Crippen molar-refractivity contribution in [1.29, 1.82) is 0 Å². The minimum absolute atomic E-state index is 0.0107. The molecule has 0 aliphatic carbocycles. The van der Waals surface area contributed by atoms with Crippen molar-refractivity contribution in [1.82, 2.24) is 9.80 Å². The zero-order valence-corrected chi connectivity index (χ0v) is 26.1. The molecule has 0 saturated carbocycles. The number of para-hydroxylation sites is 1. The molecule has 3 aromatic carbocycles. The summed E-state index contributed by atoms with van der Waals surface area (Å²) in [4.78, 5) is 29.8. The van der Waals surface area contributed by atoms with Gasteiger partial charge >= 0.3 is 6.03 Å². The van der Waals surface area contributed by atoms with Crippen LogP contribution in [0.1, 0.15) is 24.2 Å². The van der Waals surface area contributed by atoms with E-state index in [9.17, 15) is 23.1 Å². The highest BCUT2D eigenvalue weighted by atomic mass is 32.2. The van der Waals surface area contributed by atoms with Gasteiger partial charge < -0.3 is 34.4 Å².